The fraction of sp³-hybridized carbons (Fsp3) is 0.455. The van der Waals surface area contributed by atoms with Gasteiger partial charge in [0.25, 0.3) is 0 Å². The van der Waals surface area contributed by atoms with E-state index in [1.807, 2.05) is 0 Å². The van der Waals surface area contributed by atoms with E-state index in [4.69, 9.17) is 5.73 Å². The van der Waals surface area contributed by atoms with Crippen molar-refractivity contribution >= 4 is 21.6 Å². The Balaban J connectivity index is 2.28. The van der Waals surface area contributed by atoms with Crippen molar-refractivity contribution in [2.45, 2.75) is 12.8 Å². The van der Waals surface area contributed by atoms with Crippen molar-refractivity contribution in [2.24, 2.45) is 11.7 Å². The average Bonchev–Trinajstić information content (AvgIpc) is 2.38. The van der Waals surface area contributed by atoms with Crippen LogP contribution in [-0.4, -0.2) is 13.1 Å². The van der Waals surface area contributed by atoms with E-state index < -0.39 is 0 Å². The van der Waals surface area contributed by atoms with E-state index >= 15 is 0 Å². The van der Waals surface area contributed by atoms with Gasteiger partial charge in [0.2, 0.25) is 0 Å². The van der Waals surface area contributed by atoms with E-state index in [9.17, 15) is 0 Å². The number of anilines is 1. The standard InChI is InChI=1S/C11H15BrN2/c12-10-1-2-11-9(6-10)5-8(7-13)3-4-14-11/h1-2,6,8,14H,3-5,7,13H2. The predicted molar refractivity (Wildman–Crippen MR) is 63.5 cm³/mol. The Morgan fingerprint density at radius 1 is 1.50 bits per heavy atom. The van der Waals surface area contributed by atoms with Crippen molar-refractivity contribution < 1.29 is 0 Å². The Bertz CT molecular complexity index is 325. The molecule has 1 unspecified atom stereocenters. The van der Waals surface area contributed by atoms with Crippen molar-refractivity contribution in [3.05, 3.63) is 28.2 Å². The summed E-state index contributed by atoms with van der Waals surface area (Å²) in [6, 6.07) is 6.41. The highest BCUT2D eigenvalue weighted by Gasteiger charge is 2.14. The lowest BCUT2D eigenvalue weighted by molar-refractivity contribution is 0.517. The lowest BCUT2D eigenvalue weighted by Gasteiger charge is -2.10. The van der Waals surface area contributed by atoms with Crippen LogP contribution < -0.4 is 11.1 Å². The van der Waals surface area contributed by atoms with Gasteiger partial charge in [-0.25, -0.2) is 0 Å². The van der Waals surface area contributed by atoms with Gasteiger partial charge in [0.15, 0.2) is 0 Å². The number of rotatable bonds is 1. The molecule has 0 bridgehead atoms. The first-order valence-corrected chi connectivity index (χ1v) is 5.81. The molecular weight excluding hydrogens is 240 g/mol. The van der Waals surface area contributed by atoms with E-state index in [1.54, 1.807) is 0 Å². The minimum Gasteiger partial charge on any atom is -0.385 e. The number of hydrogen-bond donors (Lipinski definition) is 2. The Kier molecular flexibility index (Phi) is 3.08. The maximum absolute atomic E-state index is 5.73. The van der Waals surface area contributed by atoms with Gasteiger partial charge in [0, 0.05) is 16.7 Å². The van der Waals surface area contributed by atoms with Gasteiger partial charge in [-0.05, 0) is 49.1 Å². The lowest BCUT2D eigenvalue weighted by Crippen LogP contribution is -2.17. The van der Waals surface area contributed by atoms with Gasteiger partial charge in [-0.1, -0.05) is 15.9 Å². The van der Waals surface area contributed by atoms with Gasteiger partial charge >= 0.3 is 0 Å². The van der Waals surface area contributed by atoms with Crippen molar-refractivity contribution in [3.63, 3.8) is 0 Å². The van der Waals surface area contributed by atoms with Crippen LogP contribution in [0.5, 0.6) is 0 Å². The van der Waals surface area contributed by atoms with Crippen LogP contribution in [-0.2, 0) is 6.42 Å². The molecule has 3 heteroatoms. The molecule has 2 nitrogen and oxygen atoms in total. The number of nitrogens with two attached hydrogens (primary N) is 1. The molecule has 0 fully saturated rings. The molecule has 3 N–H and O–H groups in total. The highest BCUT2D eigenvalue weighted by Crippen LogP contribution is 2.26. The molecule has 76 valence electrons. The summed E-state index contributed by atoms with van der Waals surface area (Å²) in [6.45, 7) is 1.82. The summed E-state index contributed by atoms with van der Waals surface area (Å²) < 4.78 is 1.15. The van der Waals surface area contributed by atoms with Crippen molar-refractivity contribution in [2.75, 3.05) is 18.4 Å². The molecule has 0 saturated heterocycles. The summed E-state index contributed by atoms with van der Waals surface area (Å²) in [4.78, 5) is 0. The van der Waals surface area contributed by atoms with Gasteiger partial charge in [-0.15, -0.1) is 0 Å². The number of benzene rings is 1. The summed E-state index contributed by atoms with van der Waals surface area (Å²) in [5.74, 6) is 0.623. The number of nitrogens with one attached hydrogen (secondary N) is 1. The van der Waals surface area contributed by atoms with E-state index in [1.165, 1.54) is 17.7 Å². The summed E-state index contributed by atoms with van der Waals surface area (Å²) in [7, 11) is 0. The monoisotopic (exact) mass is 254 g/mol. The molecule has 1 aromatic rings. The molecule has 1 aliphatic heterocycles. The first kappa shape index (κ1) is 9.99. The molecule has 0 spiro atoms. The smallest absolute Gasteiger partial charge is 0.0373 e. The average molecular weight is 255 g/mol. The minimum atomic E-state index is 0.623. The largest absolute Gasteiger partial charge is 0.385 e. The third-order valence-electron chi connectivity index (χ3n) is 2.78. The van der Waals surface area contributed by atoms with Gasteiger partial charge in [-0.3, -0.25) is 0 Å². The highest BCUT2D eigenvalue weighted by atomic mass is 79.9. The predicted octanol–water partition coefficient (Wildman–Crippen LogP) is 2.38. The van der Waals surface area contributed by atoms with Gasteiger partial charge in [-0.2, -0.15) is 0 Å². The van der Waals surface area contributed by atoms with Gasteiger partial charge < -0.3 is 11.1 Å². The van der Waals surface area contributed by atoms with Gasteiger partial charge in [0.05, 0.1) is 0 Å². The summed E-state index contributed by atoms with van der Waals surface area (Å²) >= 11 is 3.50. The van der Waals surface area contributed by atoms with Crippen LogP contribution in [0.25, 0.3) is 0 Å². The van der Waals surface area contributed by atoms with Crippen LogP contribution in [0.15, 0.2) is 22.7 Å². The summed E-state index contributed by atoms with van der Waals surface area (Å²) in [5, 5.41) is 3.44. The number of halogens is 1. The number of fused-ring (bicyclic) bond motifs is 1. The van der Waals surface area contributed by atoms with Crippen LogP contribution in [0.2, 0.25) is 0 Å². The van der Waals surface area contributed by atoms with E-state index in [0.29, 0.717) is 5.92 Å². The topological polar surface area (TPSA) is 38.0 Å². The maximum atomic E-state index is 5.73. The van der Waals surface area contributed by atoms with Crippen LogP contribution in [0, 0.1) is 5.92 Å². The molecule has 1 atom stereocenters. The fourth-order valence-corrected chi connectivity index (χ4v) is 2.34. The van der Waals surface area contributed by atoms with Crippen molar-refractivity contribution in [3.8, 4) is 0 Å². The zero-order valence-electron chi connectivity index (χ0n) is 8.09. The lowest BCUT2D eigenvalue weighted by atomic mass is 9.97. The van der Waals surface area contributed by atoms with Crippen LogP contribution in [0.1, 0.15) is 12.0 Å². The molecule has 1 heterocycles. The Hall–Kier alpha value is -0.540. The molecule has 14 heavy (non-hydrogen) atoms. The van der Waals surface area contributed by atoms with Crippen molar-refractivity contribution in [1.82, 2.24) is 0 Å². The van der Waals surface area contributed by atoms with Crippen LogP contribution >= 0.6 is 15.9 Å². The number of hydrogen-bond acceptors (Lipinski definition) is 2. The normalized spacial score (nSPS) is 20.9. The maximum Gasteiger partial charge on any atom is 0.0373 e. The zero-order chi connectivity index (χ0) is 9.97. The van der Waals surface area contributed by atoms with Gasteiger partial charge in [0.1, 0.15) is 0 Å². The quantitative estimate of drug-likeness (QED) is 0.808. The van der Waals surface area contributed by atoms with Crippen LogP contribution in [0.3, 0.4) is 0 Å². The van der Waals surface area contributed by atoms with Crippen LogP contribution in [0.4, 0.5) is 5.69 Å². The summed E-state index contributed by atoms with van der Waals surface area (Å²) in [6.07, 6.45) is 2.26. The van der Waals surface area contributed by atoms with E-state index in [-0.39, 0.29) is 0 Å². The van der Waals surface area contributed by atoms with Crippen molar-refractivity contribution in [1.29, 1.82) is 0 Å². The molecule has 1 aromatic carbocycles. The molecule has 2 rings (SSSR count). The molecule has 0 aliphatic carbocycles. The molecule has 0 amide bonds. The summed E-state index contributed by atoms with van der Waals surface area (Å²) in [5.41, 5.74) is 8.38. The molecule has 0 aromatic heterocycles. The fourth-order valence-electron chi connectivity index (χ4n) is 1.93. The third-order valence-corrected chi connectivity index (χ3v) is 3.27. The minimum absolute atomic E-state index is 0.623. The molecular formula is C11H15BrN2. The second-order valence-corrected chi connectivity index (χ2v) is 4.74. The Labute approximate surface area is 93.0 Å². The highest BCUT2D eigenvalue weighted by molar-refractivity contribution is 9.10. The Morgan fingerprint density at radius 2 is 2.36 bits per heavy atom. The molecule has 1 aliphatic rings. The second kappa shape index (κ2) is 4.32. The third kappa shape index (κ3) is 2.10. The molecule has 0 radical (unpaired) electrons. The Morgan fingerprint density at radius 3 is 3.14 bits per heavy atom. The second-order valence-electron chi connectivity index (χ2n) is 3.82. The first-order valence-electron chi connectivity index (χ1n) is 5.02. The van der Waals surface area contributed by atoms with E-state index in [0.717, 1.165) is 24.0 Å². The SMILES string of the molecule is NCC1CCNc2ccc(Br)cc2C1. The first-order chi connectivity index (χ1) is 6.79. The van der Waals surface area contributed by atoms with E-state index in [2.05, 4.69) is 39.4 Å². The zero-order valence-corrected chi connectivity index (χ0v) is 9.68. The molecule has 0 saturated carbocycles.